The number of hydroxylamine groups is 2. The second-order valence-corrected chi connectivity index (χ2v) is 5.11. The number of nitrogens with zero attached hydrogens (tertiary/aromatic N) is 1. The van der Waals surface area contributed by atoms with Crippen LogP contribution in [0.2, 0.25) is 0 Å². The Morgan fingerprint density at radius 1 is 1.53 bits per heavy atom. The van der Waals surface area contributed by atoms with E-state index in [2.05, 4.69) is 26.2 Å². The van der Waals surface area contributed by atoms with Gasteiger partial charge in [-0.25, -0.2) is 0 Å². The van der Waals surface area contributed by atoms with Crippen LogP contribution in [-0.4, -0.2) is 23.9 Å². The smallest absolute Gasteiger partial charge is 0.0445 e. The normalized spacial score (nSPS) is 31.6. The fourth-order valence-electron chi connectivity index (χ4n) is 2.31. The Bertz CT molecular complexity index is 237. The standard InChI is InChI=1S/C13H23NO/c1-5-13(3)8-6-12(7-9-13)11(2)10-14(4)15/h5,12,15H,1-2,6-10H2,3-4H3. The van der Waals surface area contributed by atoms with Gasteiger partial charge in [0.15, 0.2) is 0 Å². The maximum absolute atomic E-state index is 9.16. The summed E-state index contributed by atoms with van der Waals surface area (Å²) < 4.78 is 0. The van der Waals surface area contributed by atoms with E-state index in [1.807, 2.05) is 0 Å². The summed E-state index contributed by atoms with van der Waals surface area (Å²) in [7, 11) is 1.67. The highest BCUT2D eigenvalue weighted by Crippen LogP contribution is 2.41. The predicted octanol–water partition coefficient (Wildman–Crippen LogP) is 3.25. The molecule has 0 aromatic heterocycles. The topological polar surface area (TPSA) is 23.5 Å². The van der Waals surface area contributed by atoms with Gasteiger partial charge in [0.05, 0.1) is 0 Å². The third kappa shape index (κ3) is 3.47. The molecular formula is C13H23NO. The lowest BCUT2D eigenvalue weighted by atomic mass is 9.70. The molecule has 2 heteroatoms. The van der Waals surface area contributed by atoms with E-state index in [1.165, 1.54) is 30.7 Å². The minimum absolute atomic E-state index is 0.321. The van der Waals surface area contributed by atoms with Gasteiger partial charge in [-0.3, -0.25) is 0 Å². The fourth-order valence-corrected chi connectivity index (χ4v) is 2.31. The van der Waals surface area contributed by atoms with Gasteiger partial charge in [-0.15, -0.1) is 6.58 Å². The summed E-state index contributed by atoms with van der Waals surface area (Å²) in [6.07, 6.45) is 6.82. The van der Waals surface area contributed by atoms with E-state index in [-0.39, 0.29) is 0 Å². The summed E-state index contributed by atoms with van der Waals surface area (Å²) in [6.45, 7) is 10.8. The maximum Gasteiger partial charge on any atom is 0.0445 e. The molecular weight excluding hydrogens is 186 g/mol. The SMILES string of the molecule is C=CC1(C)CCC(C(=C)CN(C)O)CC1. The summed E-state index contributed by atoms with van der Waals surface area (Å²) in [5, 5.41) is 10.4. The first-order valence-electron chi connectivity index (χ1n) is 5.68. The van der Waals surface area contributed by atoms with Crippen molar-refractivity contribution in [1.29, 1.82) is 0 Å². The molecule has 1 fully saturated rings. The highest BCUT2D eigenvalue weighted by Gasteiger charge is 2.29. The average Bonchev–Trinajstić information content (AvgIpc) is 2.18. The highest BCUT2D eigenvalue weighted by molar-refractivity contribution is 5.07. The Morgan fingerprint density at radius 3 is 2.47 bits per heavy atom. The van der Waals surface area contributed by atoms with Gasteiger partial charge in [-0.05, 0) is 37.0 Å². The molecule has 0 radical (unpaired) electrons. The van der Waals surface area contributed by atoms with Crippen LogP contribution in [0.5, 0.6) is 0 Å². The van der Waals surface area contributed by atoms with Gasteiger partial charge < -0.3 is 5.21 Å². The number of rotatable bonds is 4. The van der Waals surface area contributed by atoms with Crippen molar-refractivity contribution in [2.75, 3.05) is 13.6 Å². The van der Waals surface area contributed by atoms with Crippen molar-refractivity contribution >= 4 is 0 Å². The predicted molar refractivity (Wildman–Crippen MR) is 63.8 cm³/mol. The van der Waals surface area contributed by atoms with Gasteiger partial charge in [0, 0.05) is 13.6 Å². The summed E-state index contributed by atoms with van der Waals surface area (Å²) in [4.78, 5) is 0. The zero-order valence-electron chi connectivity index (χ0n) is 10.00. The lowest BCUT2D eigenvalue weighted by Crippen LogP contribution is -2.26. The van der Waals surface area contributed by atoms with Gasteiger partial charge in [0.1, 0.15) is 0 Å². The van der Waals surface area contributed by atoms with Gasteiger partial charge in [-0.2, -0.15) is 5.06 Å². The summed E-state index contributed by atoms with van der Waals surface area (Å²) in [6, 6.07) is 0. The Kier molecular flexibility index (Phi) is 4.12. The number of allylic oxidation sites excluding steroid dienone is 1. The van der Waals surface area contributed by atoms with Crippen LogP contribution < -0.4 is 0 Å². The third-order valence-corrected chi connectivity index (χ3v) is 3.63. The van der Waals surface area contributed by atoms with Crippen molar-refractivity contribution in [1.82, 2.24) is 5.06 Å². The van der Waals surface area contributed by atoms with Crippen LogP contribution in [0.1, 0.15) is 32.6 Å². The van der Waals surface area contributed by atoms with Gasteiger partial charge in [0.2, 0.25) is 0 Å². The van der Waals surface area contributed by atoms with Crippen molar-refractivity contribution in [3.63, 3.8) is 0 Å². The Hall–Kier alpha value is -0.600. The van der Waals surface area contributed by atoms with Crippen molar-refractivity contribution in [3.05, 3.63) is 24.8 Å². The largest absolute Gasteiger partial charge is 0.314 e. The first-order valence-corrected chi connectivity index (χ1v) is 5.68. The molecule has 0 aliphatic heterocycles. The summed E-state index contributed by atoms with van der Waals surface area (Å²) >= 11 is 0. The van der Waals surface area contributed by atoms with Gasteiger partial charge in [0.25, 0.3) is 0 Å². The third-order valence-electron chi connectivity index (χ3n) is 3.63. The molecule has 0 amide bonds. The molecule has 15 heavy (non-hydrogen) atoms. The number of hydrogen-bond acceptors (Lipinski definition) is 2. The minimum atomic E-state index is 0.321. The minimum Gasteiger partial charge on any atom is -0.314 e. The average molecular weight is 209 g/mol. The lowest BCUT2D eigenvalue weighted by Gasteiger charge is -2.36. The van der Waals surface area contributed by atoms with Gasteiger partial charge in [-0.1, -0.05) is 25.2 Å². The van der Waals surface area contributed by atoms with Crippen molar-refractivity contribution < 1.29 is 5.21 Å². The van der Waals surface area contributed by atoms with Crippen LogP contribution in [0.4, 0.5) is 0 Å². The summed E-state index contributed by atoms with van der Waals surface area (Å²) in [5.41, 5.74) is 1.48. The molecule has 1 aliphatic rings. The molecule has 0 atom stereocenters. The van der Waals surface area contributed by atoms with Crippen LogP contribution >= 0.6 is 0 Å². The summed E-state index contributed by atoms with van der Waals surface area (Å²) in [5.74, 6) is 0.577. The Morgan fingerprint density at radius 2 is 2.07 bits per heavy atom. The first kappa shape index (κ1) is 12.5. The molecule has 86 valence electrons. The molecule has 1 saturated carbocycles. The van der Waals surface area contributed by atoms with Crippen LogP contribution in [0.25, 0.3) is 0 Å². The van der Waals surface area contributed by atoms with Crippen molar-refractivity contribution in [2.45, 2.75) is 32.6 Å². The van der Waals surface area contributed by atoms with Crippen molar-refractivity contribution in [2.24, 2.45) is 11.3 Å². The number of hydrogen-bond donors (Lipinski definition) is 1. The Balaban J connectivity index is 2.43. The monoisotopic (exact) mass is 209 g/mol. The number of likely N-dealkylation sites (N-methyl/N-ethyl adjacent to an activating group) is 1. The maximum atomic E-state index is 9.16. The molecule has 0 saturated heterocycles. The van der Waals surface area contributed by atoms with Crippen LogP contribution in [0, 0.1) is 11.3 Å². The lowest BCUT2D eigenvalue weighted by molar-refractivity contribution is -0.0579. The first-order chi connectivity index (χ1) is 6.97. The molecule has 1 aliphatic carbocycles. The zero-order valence-corrected chi connectivity index (χ0v) is 10.00. The van der Waals surface area contributed by atoms with Crippen LogP contribution in [-0.2, 0) is 0 Å². The van der Waals surface area contributed by atoms with Crippen LogP contribution in [0.15, 0.2) is 24.8 Å². The van der Waals surface area contributed by atoms with Gasteiger partial charge >= 0.3 is 0 Å². The molecule has 0 bridgehead atoms. The molecule has 2 nitrogen and oxygen atoms in total. The van der Waals surface area contributed by atoms with E-state index in [0.29, 0.717) is 17.9 Å². The molecule has 0 aromatic rings. The van der Waals surface area contributed by atoms with E-state index < -0.39 is 0 Å². The van der Waals surface area contributed by atoms with E-state index in [1.54, 1.807) is 7.05 Å². The zero-order chi connectivity index (χ0) is 11.5. The molecule has 0 spiro atoms. The Labute approximate surface area is 93.2 Å². The second-order valence-electron chi connectivity index (χ2n) is 5.11. The molecule has 1 rings (SSSR count). The van der Waals surface area contributed by atoms with E-state index in [4.69, 9.17) is 5.21 Å². The van der Waals surface area contributed by atoms with Crippen molar-refractivity contribution in [3.8, 4) is 0 Å². The molecule has 0 heterocycles. The molecule has 1 N–H and O–H groups in total. The second kappa shape index (κ2) is 4.95. The highest BCUT2D eigenvalue weighted by atomic mass is 16.5. The fraction of sp³-hybridized carbons (Fsp3) is 0.692. The molecule has 0 aromatic carbocycles. The van der Waals surface area contributed by atoms with E-state index in [0.717, 1.165) is 5.57 Å². The quantitative estimate of drug-likeness (QED) is 0.567. The molecule has 0 unspecified atom stereocenters. The van der Waals surface area contributed by atoms with E-state index in [9.17, 15) is 0 Å². The van der Waals surface area contributed by atoms with Crippen LogP contribution in [0.3, 0.4) is 0 Å². The van der Waals surface area contributed by atoms with E-state index >= 15 is 0 Å².